The summed E-state index contributed by atoms with van der Waals surface area (Å²) in [5.41, 5.74) is 2.69. The summed E-state index contributed by atoms with van der Waals surface area (Å²) < 4.78 is 33.3. The standard InChI is InChI=1S/C23H27F2N5O2/c1-15-11-18(32-2)9-8-16(15)5-3-7-21(31)29-10-4-6-17(13-29)19-12-20(22(24)25)30-23(28-19)26-14-27-30/h8-9,11-12,14,17,22H,3-7,10,13H2,1-2H3/t17-/m1/s1. The number of aromatic nitrogens is 4. The van der Waals surface area contributed by atoms with Crippen molar-refractivity contribution in [2.24, 2.45) is 0 Å². The fourth-order valence-corrected chi connectivity index (χ4v) is 4.33. The normalized spacial score (nSPS) is 16.7. The average Bonchev–Trinajstić information content (AvgIpc) is 3.28. The average molecular weight is 443 g/mol. The van der Waals surface area contributed by atoms with E-state index in [2.05, 4.69) is 15.1 Å². The number of aryl methyl sites for hydroxylation is 2. The number of carbonyl (C=O) groups excluding carboxylic acids is 1. The number of fused-ring (bicyclic) bond motifs is 1. The van der Waals surface area contributed by atoms with Crippen molar-refractivity contribution in [1.29, 1.82) is 0 Å². The van der Waals surface area contributed by atoms with Crippen LogP contribution in [0, 0.1) is 6.92 Å². The van der Waals surface area contributed by atoms with Gasteiger partial charge in [-0.3, -0.25) is 4.79 Å². The maximum Gasteiger partial charge on any atom is 0.280 e. The molecule has 0 unspecified atom stereocenters. The Morgan fingerprint density at radius 1 is 1.31 bits per heavy atom. The van der Waals surface area contributed by atoms with Gasteiger partial charge in [0, 0.05) is 25.4 Å². The summed E-state index contributed by atoms with van der Waals surface area (Å²) in [6.07, 6.45) is 2.19. The molecule has 0 bridgehead atoms. The van der Waals surface area contributed by atoms with E-state index in [1.54, 1.807) is 7.11 Å². The summed E-state index contributed by atoms with van der Waals surface area (Å²) in [7, 11) is 1.65. The van der Waals surface area contributed by atoms with Gasteiger partial charge in [-0.05, 0) is 61.9 Å². The molecule has 0 N–H and O–H groups in total. The maximum absolute atomic E-state index is 13.5. The van der Waals surface area contributed by atoms with E-state index in [-0.39, 0.29) is 23.3 Å². The third-order valence-electron chi connectivity index (χ3n) is 6.10. The first-order chi connectivity index (χ1) is 15.5. The first-order valence-electron chi connectivity index (χ1n) is 10.9. The molecule has 1 saturated heterocycles. The van der Waals surface area contributed by atoms with Crippen molar-refractivity contribution in [1.82, 2.24) is 24.5 Å². The molecule has 1 aliphatic rings. The van der Waals surface area contributed by atoms with Crippen molar-refractivity contribution >= 4 is 11.7 Å². The maximum atomic E-state index is 13.5. The zero-order valence-electron chi connectivity index (χ0n) is 18.3. The minimum Gasteiger partial charge on any atom is -0.497 e. The summed E-state index contributed by atoms with van der Waals surface area (Å²) in [4.78, 5) is 23.1. The SMILES string of the molecule is COc1ccc(CCCC(=O)N2CCC[C@@H](c3cc(C(F)F)n4ncnc4n3)C2)c(C)c1. The van der Waals surface area contributed by atoms with Crippen molar-refractivity contribution in [3.05, 3.63) is 53.1 Å². The number of methoxy groups -OCH3 is 1. The van der Waals surface area contributed by atoms with Crippen LogP contribution in [-0.4, -0.2) is 50.6 Å². The van der Waals surface area contributed by atoms with Gasteiger partial charge in [-0.1, -0.05) is 6.07 Å². The molecule has 3 aromatic rings. The zero-order chi connectivity index (χ0) is 22.7. The molecule has 9 heteroatoms. The van der Waals surface area contributed by atoms with E-state index in [1.807, 2.05) is 30.0 Å². The van der Waals surface area contributed by atoms with Crippen molar-refractivity contribution in [2.45, 2.75) is 51.4 Å². The molecule has 0 saturated carbocycles. The van der Waals surface area contributed by atoms with Gasteiger partial charge in [-0.2, -0.15) is 14.6 Å². The predicted octanol–water partition coefficient (Wildman–Crippen LogP) is 4.11. The number of nitrogens with zero attached hydrogens (tertiary/aromatic N) is 5. The van der Waals surface area contributed by atoms with Gasteiger partial charge in [0.05, 0.1) is 12.8 Å². The van der Waals surface area contributed by atoms with E-state index in [9.17, 15) is 13.6 Å². The number of halogens is 2. The topological polar surface area (TPSA) is 72.6 Å². The highest BCUT2D eigenvalue weighted by molar-refractivity contribution is 5.76. The summed E-state index contributed by atoms with van der Waals surface area (Å²) in [6, 6.07) is 7.38. The first kappa shape index (κ1) is 22.1. The molecule has 0 radical (unpaired) electrons. The summed E-state index contributed by atoms with van der Waals surface area (Å²) >= 11 is 0. The Bertz CT molecular complexity index is 1100. The minimum absolute atomic E-state index is 0.0873. The van der Waals surface area contributed by atoms with E-state index in [4.69, 9.17) is 4.74 Å². The van der Waals surface area contributed by atoms with Crippen molar-refractivity contribution < 1.29 is 18.3 Å². The Morgan fingerprint density at radius 2 is 2.16 bits per heavy atom. The van der Waals surface area contributed by atoms with E-state index < -0.39 is 6.43 Å². The monoisotopic (exact) mass is 443 g/mol. The summed E-state index contributed by atoms with van der Waals surface area (Å²) in [5.74, 6) is 1.000. The number of hydrogen-bond acceptors (Lipinski definition) is 5. The lowest BCUT2D eigenvalue weighted by molar-refractivity contribution is -0.132. The van der Waals surface area contributed by atoms with Gasteiger partial charge >= 0.3 is 0 Å². The molecule has 1 amide bonds. The van der Waals surface area contributed by atoms with Gasteiger partial charge in [0.25, 0.3) is 12.2 Å². The molecular formula is C23H27F2N5O2. The van der Waals surface area contributed by atoms with Crippen molar-refractivity contribution in [3.8, 4) is 5.75 Å². The van der Waals surface area contributed by atoms with Crippen LogP contribution in [-0.2, 0) is 11.2 Å². The number of likely N-dealkylation sites (tertiary alicyclic amines) is 1. The second-order valence-corrected chi connectivity index (χ2v) is 8.20. The molecule has 2 aromatic heterocycles. The molecule has 32 heavy (non-hydrogen) atoms. The van der Waals surface area contributed by atoms with Gasteiger partial charge in [0.1, 0.15) is 17.8 Å². The van der Waals surface area contributed by atoms with Gasteiger partial charge < -0.3 is 9.64 Å². The molecule has 1 atom stereocenters. The van der Waals surface area contributed by atoms with E-state index in [1.165, 1.54) is 18.0 Å². The lowest BCUT2D eigenvalue weighted by atomic mass is 9.93. The fraction of sp³-hybridized carbons (Fsp3) is 0.478. The van der Waals surface area contributed by atoms with Crippen molar-refractivity contribution in [3.63, 3.8) is 0 Å². The third kappa shape index (κ3) is 4.71. The molecule has 1 aliphatic heterocycles. The van der Waals surface area contributed by atoms with Crippen LogP contribution in [0.3, 0.4) is 0 Å². The largest absolute Gasteiger partial charge is 0.497 e. The zero-order valence-corrected chi connectivity index (χ0v) is 18.3. The van der Waals surface area contributed by atoms with Crippen LogP contribution in [0.15, 0.2) is 30.6 Å². The first-order valence-corrected chi connectivity index (χ1v) is 10.9. The molecule has 4 rings (SSSR count). The van der Waals surface area contributed by atoms with Crippen LogP contribution in [0.4, 0.5) is 8.78 Å². The lowest BCUT2D eigenvalue weighted by Crippen LogP contribution is -2.39. The molecule has 0 aliphatic carbocycles. The number of amides is 1. The molecule has 7 nitrogen and oxygen atoms in total. The van der Waals surface area contributed by atoms with E-state index >= 15 is 0 Å². The Labute approximate surface area is 185 Å². The van der Waals surface area contributed by atoms with Crippen LogP contribution in [0.5, 0.6) is 5.75 Å². The van der Waals surface area contributed by atoms with Crippen molar-refractivity contribution in [2.75, 3.05) is 20.2 Å². The third-order valence-corrected chi connectivity index (χ3v) is 6.10. The predicted molar refractivity (Wildman–Crippen MR) is 115 cm³/mol. The summed E-state index contributed by atoms with van der Waals surface area (Å²) in [5, 5.41) is 3.84. The Hall–Kier alpha value is -3.10. The van der Waals surface area contributed by atoms with Crippen LogP contribution in [0.1, 0.15) is 60.5 Å². The Morgan fingerprint density at radius 3 is 2.91 bits per heavy atom. The smallest absolute Gasteiger partial charge is 0.280 e. The summed E-state index contributed by atoms with van der Waals surface area (Å²) in [6.45, 7) is 3.22. The number of alkyl halides is 2. The van der Waals surface area contributed by atoms with Crippen LogP contribution in [0.25, 0.3) is 5.78 Å². The number of piperidine rings is 1. The number of ether oxygens (including phenoxy) is 1. The van der Waals surface area contributed by atoms with Gasteiger partial charge in [0.15, 0.2) is 0 Å². The van der Waals surface area contributed by atoms with Gasteiger partial charge in [-0.15, -0.1) is 0 Å². The van der Waals surface area contributed by atoms with E-state index in [0.717, 1.165) is 41.5 Å². The van der Waals surface area contributed by atoms with Gasteiger partial charge in [0.2, 0.25) is 5.91 Å². The van der Waals surface area contributed by atoms with Gasteiger partial charge in [-0.25, -0.2) is 13.8 Å². The molecule has 3 heterocycles. The second kappa shape index (κ2) is 9.58. The van der Waals surface area contributed by atoms with Crippen LogP contribution >= 0.6 is 0 Å². The number of hydrogen-bond donors (Lipinski definition) is 0. The minimum atomic E-state index is -2.68. The number of rotatable bonds is 7. The fourth-order valence-electron chi connectivity index (χ4n) is 4.33. The number of carbonyl (C=O) groups is 1. The number of benzene rings is 1. The van der Waals surface area contributed by atoms with E-state index in [0.29, 0.717) is 25.2 Å². The molecule has 0 spiro atoms. The highest BCUT2D eigenvalue weighted by Crippen LogP contribution is 2.29. The Kier molecular flexibility index (Phi) is 6.62. The molecular weight excluding hydrogens is 416 g/mol. The van der Waals surface area contributed by atoms with Crippen LogP contribution in [0.2, 0.25) is 0 Å². The highest BCUT2D eigenvalue weighted by Gasteiger charge is 2.27. The van der Waals surface area contributed by atoms with Crippen LogP contribution < -0.4 is 4.74 Å². The molecule has 1 aromatic carbocycles. The second-order valence-electron chi connectivity index (χ2n) is 8.20. The lowest BCUT2D eigenvalue weighted by Gasteiger charge is -2.32. The molecule has 1 fully saturated rings. The molecule has 170 valence electrons. The Balaban J connectivity index is 1.38. The quantitative estimate of drug-likeness (QED) is 0.550. The highest BCUT2D eigenvalue weighted by atomic mass is 19.3.